The van der Waals surface area contributed by atoms with Crippen LogP contribution < -0.4 is 30.0 Å². The van der Waals surface area contributed by atoms with Crippen LogP contribution in [0.15, 0.2) is 48.8 Å². The lowest BCUT2D eigenvalue weighted by Gasteiger charge is -2.12. The van der Waals surface area contributed by atoms with Crippen LogP contribution in [0, 0.1) is 31.9 Å². The third-order valence-electron chi connectivity index (χ3n) is 5.08. The summed E-state index contributed by atoms with van der Waals surface area (Å²) in [7, 11) is 1.41. The van der Waals surface area contributed by atoms with Crippen LogP contribution in [0.1, 0.15) is 0 Å². The Balaban J connectivity index is 0.000000322. The van der Waals surface area contributed by atoms with Crippen molar-refractivity contribution in [2.24, 2.45) is 0 Å². The van der Waals surface area contributed by atoms with Gasteiger partial charge in [0.2, 0.25) is 17.6 Å². The second kappa shape index (κ2) is 15.2. The number of ether oxygens (including phenoxy) is 4. The fourth-order valence-corrected chi connectivity index (χ4v) is 3.39. The van der Waals surface area contributed by atoms with Crippen molar-refractivity contribution in [3.63, 3.8) is 0 Å². The topological polar surface area (TPSA) is 200 Å². The van der Waals surface area contributed by atoms with E-state index in [1.165, 1.54) is 25.3 Å². The number of nitro groups is 2. The minimum Gasteiger partial charge on any atom is -0.495 e. The number of halogens is 7. The highest BCUT2D eigenvalue weighted by molar-refractivity contribution is 6.32. The van der Waals surface area contributed by atoms with Crippen LogP contribution in [0.25, 0.3) is 0 Å². The number of hydrogen-bond donors (Lipinski definition) is 2. The standard InChI is InChI=1S/C17H11ClF3N5O5.C7H5F3N2O3/c1-29-13-4-8(2-3-9(13)18)30-17-23-7-22-16(25-17)24-11-6-12(26(27)28)10(19)5-14(11)31-15(20)21;8-3-1-6(15-7(9)10)4(11)2-5(3)12(13)14/h2-7,15H,1H3,(H,22,23,24,25);1-2,7H,11H2. The number of alkyl halides is 4. The van der Waals surface area contributed by atoms with Crippen LogP contribution in [0.2, 0.25) is 5.02 Å². The van der Waals surface area contributed by atoms with Crippen LogP contribution in [0.3, 0.4) is 0 Å². The van der Waals surface area contributed by atoms with Crippen LogP contribution in [-0.4, -0.2) is 45.1 Å². The molecular weight excluding hydrogens is 664 g/mol. The quantitative estimate of drug-likeness (QED) is 0.0740. The Labute approximate surface area is 256 Å². The van der Waals surface area contributed by atoms with E-state index in [-0.39, 0.29) is 23.4 Å². The van der Waals surface area contributed by atoms with Gasteiger partial charge in [-0.05, 0) is 12.1 Å². The Kier molecular flexibility index (Phi) is 11.5. The summed E-state index contributed by atoms with van der Waals surface area (Å²) in [6.07, 6.45) is 1.03. The largest absolute Gasteiger partial charge is 0.495 e. The Hall–Kier alpha value is -5.86. The number of rotatable bonds is 11. The molecule has 4 aromatic rings. The molecule has 15 nitrogen and oxygen atoms in total. The zero-order chi connectivity index (χ0) is 34.1. The second-order valence-corrected chi connectivity index (χ2v) is 8.43. The lowest BCUT2D eigenvalue weighted by atomic mass is 10.2. The maximum atomic E-state index is 13.8. The third kappa shape index (κ3) is 9.32. The molecule has 1 aromatic heterocycles. The number of nitrogens with two attached hydrogens (primary N) is 1. The molecule has 0 saturated heterocycles. The van der Waals surface area contributed by atoms with Gasteiger partial charge in [0.15, 0.2) is 11.5 Å². The predicted molar refractivity (Wildman–Crippen MR) is 145 cm³/mol. The molecule has 0 bridgehead atoms. The zero-order valence-corrected chi connectivity index (χ0v) is 23.3. The Morgan fingerprint density at radius 2 is 1.46 bits per heavy atom. The van der Waals surface area contributed by atoms with Crippen molar-refractivity contribution < 1.29 is 55.1 Å². The van der Waals surface area contributed by atoms with Crippen molar-refractivity contribution in [2.45, 2.75) is 13.2 Å². The molecule has 0 aliphatic carbocycles. The highest BCUT2D eigenvalue weighted by Crippen LogP contribution is 2.35. The van der Waals surface area contributed by atoms with Crippen molar-refractivity contribution in [1.82, 2.24) is 15.0 Å². The number of benzene rings is 3. The van der Waals surface area contributed by atoms with Gasteiger partial charge in [0.1, 0.15) is 17.8 Å². The van der Waals surface area contributed by atoms with Gasteiger partial charge in [0.05, 0.1) is 33.4 Å². The molecule has 0 saturated carbocycles. The minimum atomic E-state index is -3.31. The monoisotopic (exact) mass is 679 g/mol. The molecule has 4 rings (SSSR count). The molecule has 1 heterocycles. The van der Waals surface area contributed by atoms with E-state index in [0.717, 1.165) is 6.33 Å². The van der Waals surface area contributed by atoms with Gasteiger partial charge in [-0.15, -0.1) is 0 Å². The van der Waals surface area contributed by atoms with Crippen LogP contribution in [0.4, 0.5) is 55.0 Å². The molecule has 22 heteroatoms. The number of nitro benzene ring substituents is 2. The lowest BCUT2D eigenvalue weighted by molar-refractivity contribution is -0.387. The summed E-state index contributed by atoms with van der Waals surface area (Å²) < 4.78 is 94.1. The van der Waals surface area contributed by atoms with Crippen molar-refractivity contribution in [2.75, 3.05) is 18.2 Å². The van der Waals surface area contributed by atoms with E-state index in [4.69, 9.17) is 26.8 Å². The SMILES string of the molecule is COc1cc(Oc2ncnc(Nc3cc([N+](=O)[O-])c(F)cc3OC(F)F)n2)ccc1Cl.Nc1cc([N+](=O)[O-])c(F)cc1OC(F)F. The number of aromatic nitrogens is 3. The highest BCUT2D eigenvalue weighted by atomic mass is 35.5. The molecule has 244 valence electrons. The van der Waals surface area contributed by atoms with E-state index in [9.17, 15) is 46.6 Å². The average Bonchev–Trinajstić information content (AvgIpc) is 2.97. The van der Waals surface area contributed by atoms with E-state index in [0.29, 0.717) is 35.0 Å². The lowest BCUT2D eigenvalue weighted by Crippen LogP contribution is -2.07. The number of nitrogens with zero attached hydrogens (tertiary/aromatic N) is 5. The maximum Gasteiger partial charge on any atom is 0.387 e. The number of anilines is 3. The fourth-order valence-electron chi connectivity index (χ4n) is 3.19. The molecule has 0 unspecified atom stereocenters. The first-order valence-corrected chi connectivity index (χ1v) is 12.1. The molecule has 0 amide bonds. The van der Waals surface area contributed by atoms with Gasteiger partial charge in [-0.3, -0.25) is 20.2 Å². The van der Waals surface area contributed by atoms with Crippen molar-refractivity contribution in [1.29, 1.82) is 0 Å². The van der Waals surface area contributed by atoms with Crippen LogP contribution >= 0.6 is 11.6 Å². The molecule has 0 radical (unpaired) electrons. The predicted octanol–water partition coefficient (Wildman–Crippen LogP) is 6.64. The summed E-state index contributed by atoms with van der Waals surface area (Å²) in [5, 5.41) is 24.0. The molecule has 3 aromatic carbocycles. The van der Waals surface area contributed by atoms with Crippen LogP contribution in [0.5, 0.6) is 29.0 Å². The molecule has 46 heavy (non-hydrogen) atoms. The summed E-state index contributed by atoms with van der Waals surface area (Å²) in [5.41, 5.74) is 2.48. The molecule has 0 fully saturated rings. The first kappa shape index (κ1) is 34.6. The number of nitrogens with one attached hydrogen (secondary N) is 1. The van der Waals surface area contributed by atoms with Crippen molar-refractivity contribution in [3.05, 3.63) is 85.7 Å². The van der Waals surface area contributed by atoms with Crippen molar-refractivity contribution >= 4 is 40.3 Å². The number of methoxy groups -OCH3 is 1. The van der Waals surface area contributed by atoms with Gasteiger partial charge in [0.25, 0.3) is 0 Å². The number of nitrogen functional groups attached to an aromatic ring is 1. The Morgan fingerprint density at radius 3 is 2.04 bits per heavy atom. The van der Waals surface area contributed by atoms with E-state index in [2.05, 4.69) is 29.7 Å². The first-order valence-electron chi connectivity index (χ1n) is 11.8. The van der Waals surface area contributed by atoms with Crippen LogP contribution in [-0.2, 0) is 0 Å². The zero-order valence-electron chi connectivity index (χ0n) is 22.5. The molecule has 0 aliphatic heterocycles. The average molecular weight is 680 g/mol. The first-order chi connectivity index (χ1) is 21.7. The van der Waals surface area contributed by atoms with Crippen molar-refractivity contribution in [3.8, 4) is 29.0 Å². The number of hydrogen-bond acceptors (Lipinski definition) is 13. The maximum absolute atomic E-state index is 13.8. The molecular formula is C24H16ClF6N7O8. The minimum absolute atomic E-state index is 0.213. The van der Waals surface area contributed by atoms with E-state index < -0.39 is 63.3 Å². The van der Waals surface area contributed by atoms with Gasteiger partial charge >= 0.3 is 30.6 Å². The fraction of sp³-hybridized carbons (Fsp3) is 0.125. The summed E-state index contributed by atoms with van der Waals surface area (Å²) >= 11 is 5.94. The Bertz CT molecular complexity index is 1740. The Morgan fingerprint density at radius 1 is 0.870 bits per heavy atom. The third-order valence-corrected chi connectivity index (χ3v) is 5.39. The molecule has 0 spiro atoms. The van der Waals surface area contributed by atoms with Gasteiger partial charge in [0, 0.05) is 30.3 Å². The van der Waals surface area contributed by atoms with E-state index in [1.807, 2.05) is 0 Å². The molecule has 0 aliphatic rings. The van der Waals surface area contributed by atoms with E-state index >= 15 is 0 Å². The molecule has 0 atom stereocenters. The summed E-state index contributed by atoms with van der Waals surface area (Å²) in [6, 6.07) is 6.47. The summed E-state index contributed by atoms with van der Waals surface area (Å²) in [4.78, 5) is 30.7. The highest BCUT2D eigenvalue weighted by Gasteiger charge is 2.22. The second-order valence-electron chi connectivity index (χ2n) is 8.03. The van der Waals surface area contributed by atoms with Gasteiger partial charge in [-0.25, -0.2) is 4.98 Å². The van der Waals surface area contributed by atoms with Gasteiger partial charge in [-0.2, -0.15) is 36.3 Å². The van der Waals surface area contributed by atoms with Gasteiger partial charge in [-0.1, -0.05) is 11.6 Å². The summed E-state index contributed by atoms with van der Waals surface area (Å²) in [6.45, 7) is -6.48. The molecule has 3 N–H and O–H groups in total. The smallest absolute Gasteiger partial charge is 0.387 e. The summed E-state index contributed by atoms with van der Waals surface area (Å²) in [5.74, 6) is -3.62. The van der Waals surface area contributed by atoms with E-state index in [1.54, 1.807) is 0 Å². The van der Waals surface area contributed by atoms with Gasteiger partial charge < -0.3 is 30.0 Å². The normalized spacial score (nSPS) is 10.6.